The molecule has 0 atom stereocenters. The SMILES string of the molecule is N#Cc1ccc(/C=C/C(=O)c2ccncc2)cc1. The highest BCUT2D eigenvalue weighted by atomic mass is 16.1. The molecule has 1 aromatic heterocycles. The van der Waals surface area contributed by atoms with E-state index < -0.39 is 0 Å². The Morgan fingerprint density at radius 2 is 1.78 bits per heavy atom. The quantitative estimate of drug-likeness (QED) is 0.606. The lowest BCUT2D eigenvalue weighted by molar-refractivity contribution is 0.104. The molecule has 0 N–H and O–H groups in total. The number of nitrogens with zero attached hydrogens (tertiary/aromatic N) is 2. The zero-order valence-electron chi connectivity index (χ0n) is 9.58. The van der Waals surface area contributed by atoms with Crippen molar-refractivity contribution in [3.05, 3.63) is 71.6 Å². The summed E-state index contributed by atoms with van der Waals surface area (Å²) in [7, 11) is 0. The summed E-state index contributed by atoms with van der Waals surface area (Å²) in [5, 5.41) is 8.67. The molecule has 2 aromatic rings. The number of nitriles is 1. The number of rotatable bonds is 3. The summed E-state index contributed by atoms with van der Waals surface area (Å²) in [6, 6.07) is 12.4. The van der Waals surface area contributed by atoms with Crippen LogP contribution in [0.2, 0.25) is 0 Å². The summed E-state index contributed by atoms with van der Waals surface area (Å²) in [6.45, 7) is 0. The van der Waals surface area contributed by atoms with E-state index in [1.54, 1.807) is 54.9 Å². The molecule has 1 aromatic carbocycles. The highest BCUT2D eigenvalue weighted by molar-refractivity contribution is 6.06. The number of carbonyl (C=O) groups excluding carboxylic acids is 1. The number of allylic oxidation sites excluding steroid dienone is 1. The van der Waals surface area contributed by atoms with Crippen molar-refractivity contribution in [3.8, 4) is 6.07 Å². The Labute approximate surface area is 105 Å². The van der Waals surface area contributed by atoms with E-state index in [-0.39, 0.29) is 5.78 Å². The molecule has 0 spiro atoms. The van der Waals surface area contributed by atoms with Gasteiger partial charge in [-0.05, 0) is 35.9 Å². The molecule has 0 aliphatic heterocycles. The van der Waals surface area contributed by atoms with Crippen LogP contribution in [-0.2, 0) is 0 Å². The van der Waals surface area contributed by atoms with Gasteiger partial charge in [0.15, 0.2) is 5.78 Å². The van der Waals surface area contributed by atoms with E-state index in [0.29, 0.717) is 11.1 Å². The molecule has 2 rings (SSSR count). The van der Waals surface area contributed by atoms with Crippen molar-refractivity contribution in [2.45, 2.75) is 0 Å². The fourth-order valence-electron chi connectivity index (χ4n) is 1.45. The number of ketones is 1. The van der Waals surface area contributed by atoms with E-state index in [9.17, 15) is 4.79 Å². The number of benzene rings is 1. The van der Waals surface area contributed by atoms with Crippen molar-refractivity contribution in [1.29, 1.82) is 5.26 Å². The van der Waals surface area contributed by atoms with Gasteiger partial charge in [-0.15, -0.1) is 0 Å². The monoisotopic (exact) mass is 234 g/mol. The molecule has 3 nitrogen and oxygen atoms in total. The van der Waals surface area contributed by atoms with Gasteiger partial charge in [0.25, 0.3) is 0 Å². The van der Waals surface area contributed by atoms with Gasteiger partial charge in [0.2, 0.25) is 0 Å². The molecular formula is C15H10N2O. The van der Waals surface area contributed by atoms with Gasteiger partial charge in [-0.1, -0.05) is 18.2 Å². The zero-order valence-corrected chi connectivity index (χ0v) is 9.58. The topological polar surface area (TPSA) is 53.8 Å². The first-order valence-electron chi connectivity index (χ1n) is 5.42. The molecule has 0 aliphatic carbocycles. The average molecular weight is 234 g/mol. The number of pyridine rings is 1. The zero-order chi connectivity index (χ0) is 12.8. The Morgan fingerprint density at radius 1 is 1.11 bits per heavy atom. The van der Waals surface area contributed by atoms with Gasteiger partial charge < -0.3 is 0 Å². The summed E-state index contributed by atoms with van der Waals surface area (Å²) in [4.78, 5) is 15.6. The molecule has 0 saturated heterocycles. The van der Waals surface area contributed by atoms with E-state index in [1.807, 2.05) is 6.07 Å². The maximum absolute atomic E-state index is 11.8. The molecule has 0 radical (unpaired) electrons. The van der Waals surface area contributed by atoms with E-state index in [2.05, 4.69) is 4.98 Å². The molecule has 0 unspecified atom stereocenters. The summed E-state index contributed by atoms with van der Waals surface area (Å²) in [5.74, 6) is -0.0678. The van der Waals surface area contributed by atoms with Gasteiger partial charge in [0.05, 0.1) is 11.6 Å². The molecule has 86 valence electrons. The second-order valence-corrected chi connectivity index (χ2v) is 3.67. The van der Waals surface area contributed by atoms with E-state index in [0.717, 1.165) is 5.56 Å². The largest absolute Gasteiger partial charge is 0.289 e. The van der Waals surface area contributed by atoms with Crippen LogP contribution in [0.4, 0.5) is 0 Å². The first kappa shape index (κ1) is 11.7. The molecule has 0 amide bonds. The van der Waals surface area contributed by atoms with Crippen LogP contribution in [0.25, 0.3) is 6.08 Å². The van der Waals surface area contributed by atoms with Crippen LogP contribution >= 0.6 is 0 Å². The number of hydrogen-bond donors (Lipinski definition) is 0. The molecule has 0 bridgehead atoms. The van der Waals surface area contributed by atoms with Gasteiger partial charge in [0, 0.05) is 18.0 Å². The van der Waals surface area contributed by atoms with Crippen LogP contribution in [0.15, 0.2) is 54.9 Å². The molecular weight excluding hydrogens is 224 g/mol. The molecule has 0 aliphatic rings. The second kappa shape index (κ2) is 5.55. The molecule has 0 fully saturated rings. The molecule has 18 heavy (non-hydrogen) atoms. The van der Waals surface area contributed by atoms with Crippen LogP contribution in [0.5, 0.6) is 0 Å². The van der Waals surface area contributed by atoms with Crippen molar-refractivity contribution < 1.29 is 4.79 Å². The van der Waals surface area contributed by atoms with Gasteiger partial charge in [0.1, 0.15) is 0 Å². The molecule has 0 saturated carbocycles. The Kier molecular flexibility index (Phi) is 3.62. The highest BCUT2D eigenvalue weighted by Crippen LogP contribution is 2.07. The van der Waals surface area contributed by atoms with Crippen molar-refractivity contribution in [2.24, 2.45) is 0 Å². The Bertz CT molecular complexity index is 607. The standard InChI is InChI=1S/C15H10N2O/c16-11-13-3-1-12(2-4-13)5-6-15(18)14-7-9-17-10-8-14/h1-10H/b6-5+. The summed E-state index contributed by atoms with van der Waals surface area (Å²) < 4.78 is 0. The second-order valence-electron chi connectivity index (χ2n) is 3.67. The predicted molar refractivity (Wildman–Crippen MR) is 68.8 cm³/mol. The van der Waals surface area contributed by atoms with Crippen LogP contribution in [0.3, 0.4) is 0 Å². The lowest BCUT2D eigenvalue weighted by atomic mass is 10.1. The van der Waals surface area contributed by atoms with Crippen LogP contribution in [0.1, 0.15) is 21.5 Å². The number of aromatic nitrogens is 1. The average Bonchev–Trinajstić information content (AvgIpc) is 2.46. The normalized spacial score (nSPS) is 10.2. The van der Waals surface area contributed by atoms with Gasteiger partial charge in [-0.25, -0.2) is 0 Å². The predicted octanol–water partition coefficient (Wildman–Crippen LogP) is 2.85. The van der Waals surface area contributed by atoms with Gasteiger partial charge in [-0.2, -0.15) is 5.26 Å². The molecule has 3 heteroatoms. The van der Waals surface area contributed by atoms with E-state index in [1.165, 1.54) is 6.08 Å². The maximum atomic E-state index is 11.8. The Hall–Kier alpha value is -2.73. The summed E-state index contributed by atoms with van der Waals surface area (Å²) in [6.07, 6.45) is 6.41. The minimum atomic E-state index is -0.0678. The summed E-state index contributed by atoms with van der Waals surface area (Å²) in [5.41, 5.74) is 2.10. The third-order valence-corrected chi connectivity index (χ3v) is 2.43. The highest BCUT2D eigenvalue weighted by Gasteiger charge is 1.99. The summed E-state index contributed by atoms with van der Waals surface area (Å²) >= 11 is 0. The van der Waals surface area contributed by atoms with Crippen LogP contribution < -0.4 is 0 Å². The minimum absolute atomic E-state index is 0.0678. The smallest absolute Gasteiger partial charge is 0.185 e. The third kappa shape index (κ3) is 2.89. The van der Waals surface area contributed by atoms with Gasteiger partial charge >= 0.3 is 0 Å². The Morgan fingerprint density at radius 3 is 2.39 bits per heavy atom. The third-order valence-electron chi connectivity index (χ3n) is 2.43. The van der Waals surface area contributed by atoms with E-state index in [4.69, 9.17) is 5.26 Å². The van der Waals surface area contributed by atoms with Crippen LogP contribution in [0, 0.1) is 11.3 Å². The fourth-order valence-corrected chi connectivity index (χ4v) is 1.45. The van der Waals surface area contributed by atoms with Crippen molar-refractivity contribution in [3.63, 3.8) is 0 Å². The lowest BCUT2D eigenvalue weighted by Crippen LogP contribution is -1.93. The van der Waals surface area contributed by atoms with Crippen molar-refractivity contribution in [1.82, 2.24) is 4.98 Å². The Balaban J connectivity index is 2.11. The fraction of sp³-hybridized carbons (Fsp3) is 0. The molecule has 1 heterocycles. The van der Waals surface area contributed by atoms with Gasteiger partial charge in [-0.3, -0.25) is 9.78 Å². The van der Waals surface area contributed by atoms with Crippen molar-refractivity contribution >= 4 is 11.9 Å². The first-order chi connectivity index (χ1) is 8.79. The van der Waals surface area contributed by atoms with Crippen LogP contribution in [-0.4, -0.2) is 10.8 Å². The maximum Gasteiger partial charge on any atom is 0.185 e. The number of hydrogen-bond acceptors (Lipinski definition) is 3. The van der Waals surface area contributed by atoms with Crippen molar-refractivity contribution in [2.75, 3.05) is 0 Å². The van der Waals surface area contributed by atoms with E-state index >= 15 is 0 Å². The minimum Gasteiger partial charge on any atom is -0.289 e. The lowest BCUT2D eigenvalue weighted by Gasteiger charge is -1.95. The first-order valence-corrected chi connectivity index (χ1v) is 5.42. The number of carbonyl (C=O) groups is 1.